The second-order valence-electron chi connectivity index (χ2n) is 5.86. The molecule has 26 heavy (non-hydrogen) atoms. The first kappa shape index (κ1) is 17.9. The maximum Gasteiger partial charge on any atom is 0.270 e. The van der Waals surface area contributed by atoms with Gasteiger partial charge in [0.2, 0.25) is 0 Å². The summed E-state index contributed by atoms with van der Waals surface area (Å²) >= 11 is 5.76. The Hall–Kier alpha value is -2.92. The predicted molar refractivity (Wildman–Crippen MR) is 101 cm³/mol. The number of pyridine rings is 1. The largest absolute Gasteiger partial charge is 0.354 e. The van der Waals surface area contributed by atoms with Crippen molar-refractivity contribution in [3.63, 3.8) is 0 Å². The number of rotatable bonds is 5. The lowest BCUT2D eigenvalue weighted by Crippen LogP contribution is -2.23. The number of anilines is 2. The van der Waals surface area contributed by atoms with Gasteiger partial charge in [-0.3, -0.25) is 4.79 Å². The molecule has 0 aliphatic rings. The minimum absolute atomic E-state index is 0.0371. The number of benzene rings is 2. The van der Waals surface area contributed by atoms with E-state index in [0.717, 1.165) is 11.1 Å². The zero-order valence-electron chi connectivity index (χ0n) is 14.1. The van der Waals surface area contributed by atoms with Crippen LogP contribution in [0.1, 0.15) is 21.6 Å². The first-order valence-corrected chi connectivity index (χ1v) is 8.41. The molecule has 3 aromatic rings. The molecular weight excluding hydrogens is 353 g/mol. The summed E-state index contributed by atoms with van der Waals surface area (Å²) < 4.78 is 13.2. The van der Waals surface area contributed by atoms with Crippen molar-refractivity contribution >= 4 is 28.9 Å². The van der Waals surface area contributed by atoms with Crippen LogP contribution in [0.3, 0.4) is 0 Å². The summed E-state index contributed by atoms with van der Waals surface area (Å²) in [6, 6.07) is 15.6. The fourth-order valence-corrected chi connectivity index (χ4v) is 2.62. The summed E-state index contributed by atoms with van der Waals surface area (Å²) in [5.74, 6) is -0.723. The molecule has 0 fully saturated rings. The van der Waals surface area contributed by atoms with Gasteiger partial charge >= 0.3 is 0 Å². The molecular formula is C20H17ClFN3O. The van der Waals surface area contributed by atoms with Crippen molar-refractivity contribution in [2.75, 3.05) is 5.32 Å². The molecule has 2 N–H and O–H groups in total. The number of carbonyl (C=O) groups is 1. The van der Waals surface area contributed by atoms with Gasteiger partial charge in [0.1, 0.15) is 11.5 Å². The van der Waals surface area contributed by atoms with Crippen LogP contribution in [0.5, 0.6) is 0 Å². The van der Waals surface area contributed by atoms with Crippen LogP contribution in [0.25, 0.3) is 0 Å². The van der Waals surface area contributed by atoms with Crippen molar-refractivity contribution in [1.82, 2.24) is 10.3 Å². The second kappa shape index (κ2) is 7.97. The monoisotopic (exact) mass is 369 g/mol. The van der Waals surface area contributed by atoms with E-state index in [-0.39, 0.29) is 10.9 Å². The fraction of sp³-hybridized carbons (Fsp3) is 0.100. The average molecular weight is 370 g/mol. The molecule has 132 valence electrons. The van der Waals surface area contributed by atoms with Gasteiger partial charge in [-0.1, -0.05) is 41.4 Å². The molecule has 0 radical (unpaired) electrons. The van der Waals surface area contributed by atoms with Gasteiger partial charge in [0.25, 0.3) is 5.91 Å². The molecule has 1 heterocycles. The molecule has 3 rings (SSSR count). The van der Waals surface area contributed by atoms with E-state index in [0.29, 0.717) is 23.6 Å². The summed E-state index contributed by atoms with van der Waals surface area (Å²) in [4.78, 5) is 16.4. The quantitative estimate of drug-likeness (QED) is 0.675. The Morgan fingerprint density at radius 1 is 1.12 bits per heavy atom. The number of halogens is 2. The highest BCUT2D eigenvalue weighted by atomic mass is 35.5. The molecule has 0 saturated carbocycles. The Bertz CT molecular complexity index is 929. The predicted octanol–water partition coefficient (Wildman–Crippen LogP) is 4.86. The summed E-state index contributed by atoms with van der Waals surface area (Å²) in [7, 11) is 0. The molecule has 0 aliphatic carbocycles. The molecule has 1 amide bonds. The molecule has 0 spiro atoms. The molecule has 0 bridgehead atoms. The maximum absolute atomic E-state index is 13.2. The average Bonchev–Trinajstić information content (AvgIpc) is 2.63. The summed E-state index contributed by atoms with van der Waals surface area (Å²) in [6.45, 7) is 2.45. The number of nitrogens with zero attached hydrogens (tertiary/aromatic N) is 1. The van der Waals surface area contributed by atoms with Crippen molar-refractivity contribution in [3.05, 3.63) is 88.5 Å². The smallest absolute Gasteiger partial charge is 0.270 e. The lowest BCUT2D eigenvalue weighted by molar-refractivity contribution is 0.0946. The van der Waals surface area contributed by atoms with Gasteiger partial charge in [0.15, 0.2) is 0 Å². The van der Waals surface area contributed by atoms with Crippen LogP contribution in [-0.2, 0) is 6.54 Å². The SMILES string of the molecule is Cc1cccc(CNC(=O)c2ccc(Nc3ccc(F)c(Cl)c3)cn2)c1. The highest BCUT2D eigenvalue weighted by molar-refractivity contribution is 6.31. The molecule has 1 aromatic heterocycles. The van der Waals surface area contributed by atoms with E-state index in [9.17, 15) is 9.18 Å². The Kier molecular flexibility index (Phi) is 5.49. The number of aryl methyl sites for hydroxylation is 1. The van der Waals surface area contributed by atoms with Gasteiger partial charge in [-0.05, 0) is 42.8 Å². The Morgan fingerprint density at radius 3 is 2.62 bits per heavy atom. The van der Waals surface area contributed by atoms with E-state index in [2.05, 4.69) is 15.6 Å². The molecule has 2 aromatic carbocycles. The normalized spacial score (nSPS) is 10.4. The standard InChI is InChI=1S/C20H17ClFN3O/c1-13-3-2-4-14(9-13)11-24-20(26)19-8-6-16(12-23-19)25-15-5-7-18(22)17(21)10-15/h2-10,12,25H,11H2,1H3,(H,24,26). The number of nitrogens with one attached hydrogen (secondary N) is 2. The zero-order chi connectivity index (χ0) is 18.5. The van der Waals surface area contributed by atoms with Crippen molar-refractivity contribution < 1.29 is 9.18 Å². The van der Waals surface area contributed by atoms with E-state index in [1.165, 1.54) is 12.1 Å². The highest BCUT2D eigenvalue weighted by Gasteiger charge is 2.07. The molecule has 0 unspecified atom stereocenters. The summed E-state index contributed by atoms with van der Waals surface area (Å²) in [6.07, 6.45) is 1.54. The number of amides is 1. The van der Waals surface area contributed by atoms with Crippen molar-refractivity contribution in [2.24, 2.45) is 0 Å². The van der Waals surface area contributed by atoms with E-state index < -0.39 is 5.82 Å². The van der Waals surface area contributed by atoms with Crippen LogP contribution in [-0.4, -0.2) is 10.9 Å². The fourth-order valence-electron chi connectivity index (χ4n) is 2.44. The number of carbonyl (C=O) groups excluding carboxylic acids is 1. The minimum atomic E-state index is -0.476. The topological polar surface area (TPSA) is 54.0 Å². The van der Waals surface area contributed by atoms with Crippen molar-refractivity contribution in [3.8, 4) is 0 Å². The van der Waals surface area contributed by atoms with Crippen LogP contribution in [0.2, 0.25) is 5.02 Å². The molecule has 0 atom stereocenters. The van der Waals surface area contributed by atoms with Crippen LogP contribution >= 0.6 is 11.6 Å². The third-order valence-corrected chi connectivity index (χ3v) is 4.03. The van der Waals surface area contributed by atoms with E-state index >= 15 is 0 Å². The van der Waals surface area contributed by atoms with Crippen LogP contribution in [0.4, 0.5) is 15.8 Å². The Labute approximate surface area is 156 Å². The second-order valence-corrected chi connectivity index (χ2v) is 6.26. The van der Waals surface area contributed by atoms with Crippen LogP contribution in [0, 0.1) is 12.7 Å². The van der Waals surface area contributed by atoms with E-state index in [1.54, 1.807) is 24.4 Å². The third-order valence-electron chi connectivity index (χ3n) is 3.74. The first-order valence-electron chi connectivity index (χ1n) is 8.03. The van der Waals surface area contributed by atoms with Gasteiger partial charge in [0.05, 0.1) is 16.9 Å². The summed E-state index contributed by atoms with van der Waals surface area (Å²) in [5.41, 5.74) is 3.80. The van der Waals surface area contributed by atoms with Crippen LogP contribution < -0.4 is 10.6 Å². The maximum atomic E-state index is 13.2. The Balaban J connectivity index is 1.61. The lowest BCUT2D eigenvalue weighted by atomic mass is 10.1. The number of hydrogen-bond donors (Lipinski definition) is 2. The third kappa shape index (κ3) is 4.58. The minimum Gasteiger partial charge on any atom is -0.354 e. The molecule has 0 saturated heterocycles. The molecule has 4 nitrogen and oxygen atoms in total. The van der Waals surface area contributed by atoms with Crippen LogP contribution in [0.15, 0.2) is 60.8 Å². The molecule has 6 heteroatoms. The highest BCUT2D eigenvalue weighted by Crippen LogP contribution is 2.22. The first-order chi connectivity index (χ1) is 12.5. The Morgan fingerprint density at radius 2 is 1.92 bits per heavy atom. The number of aromatic nitrogens is 1. The zero-order valence-corrected chi connectivity index (χ0v) is 14.8. The van der Waals surface area contributed by atoms with Gasteiger partial charge < -0.3 is 10.6 Å². The van der Waals surface area contributed by atoms with Gasteiger partial charge in [0, 0.05) is 12.2 Å². The lowest BCUT2D eigenvalue weighted by Gasteiger charge is -2.08. The van der Waals surface area contributed by atoms with Crippen molar-refractivity contribution in [2.45, 2.75) is 13.5 Å². The van der Waals surface area contributed by atoms with E-state index in [1.807, 2.05) is 31.2 Å². The van der Waals surface area contributed by atoms with Gasteiger partial charge in [-0.25, -0.2) is 9.37 Å². The van der Waals surface area contributed by atoms with E-state index in [4.69, 9.17) is 11.6 Å². The van der Waals surface area contributed by atoms with Gasteiger partial charge in [-0.2, -0.15) is 0 Å². The summed E-state index contributed by atoms with van der Waals surface area (Å²) in [5, 5.41) is 5.94. The number of hydrogen-bond acceptors (Lipinski definition) is 3. The molecule has 0 aliphatic heterocycles. The van der Waals surface area contributed by atoms with Gasteiger partial charge in [-0.15, -0.1) is 0 Å². The van der Waals surface area contributed by atoms with Crippen molar-refractivity contribution in [1.29, 1.82) is 0 Å².